The van der Waals surface area contributed by atoms with Crippen molar-refractivity contribution in [2.75, 3.05) is 26.8 Å². The molecule has 1 aliphatic rings. The molecule has 1 aromatic rings. The summed E-state index contributed by atoms with van der Waals surface area (Å²) in [5.41, 5.74) is 0.936. The average Bonchev–Trinajstić information content (AvgIpc) is 2.58. The van der Waals surface area contributed by atoms with Crippen LogP contribution in [0.25, 0.3) is 6.08 Å². The van der Waals surface area contributed by atoms with Gasteiger partial charge < -0.3 is 14.4 Å². The van der Waals surface area contributed by atoms with E-state index in [9.17, 15) is 4.79 Å². The maximum Gasteiger partial charge on any atom is 0.246 e. The molecule has 2 rings (SSSR count). The van der Waals surface area contributed by atoms with Crippen LogP contribution in [0.1, 0.15) is 38.2 Å². The second-order valence-corrected chi connectivity index (χ2v) is 5.48. The second kappa shape index (κ2) is 8.47. The van der Waals surface area contributed by atoms with Crippen LogP contribution in [0.5, 0.6) is 11.5 Å². The van der Waals surface area contributed by atoms with Crippen LogP contribution in [0, 0.1) is 0 Å². The first-order valence-electron chi connectivity index (χ1n) is 8.02. The molecule has 0 aromatic heterocycles. The Labute approximate surface area is 132 Å². The van der Waals surface area contributed by atoms with Crippen molar-refractivity contribution in [1.29, 1.82) is 0 Å². The smallest absolute Gasteiger partial charge is 0.246 e. The number of carbonyl (C=O) groups excluding carboxylic acids is 1. The van der Waals surface area contributed by atoms with Crippen molar-refractivity contribution >= 4 is 12.0 Å². The first kappa shape index (κ1) is 16.4. The first-order chi connectivity index (χ1) is 10.7. The molecular formula is C18H25NO3. The molecule has 0 aliphatic carbocycles. The van der Waals surface area contributed by atoms with Gasteiger partial charge in [-0.25, -0.2) is 0 Å². The van der Waals surface area contributed by atoms with Crippen molar-refractivity contribution in [1.82, 2.24) is 4.90 Å². The largest absolute Gasteiger partial charge is 0.493 e. The van der Waals surface area contributed by atoms with Gasteiger partial charge in [0, 0.05) is 19.2 Å². The van der Waals surface area contributed by atoms with Crippen LogP contribution >= 0.6 is 0 Å². The summed E-state index contributed by atoms with van der Waals surface area (Å²) in [6, 6.07) is 5.72. The Morgan fingerprint density at radius 3 is 2.68 bits per heavy atom. The summed E-state index contributed by atoms with van der Waals surface area (Å²) >= 11 is 0. The molecule has 1 heterocycles. The molecule has 4 heteroatoms. The third-order valence-corrected chi connectivity index (χ3v) is 3.74. The van der Waals surface area contributed by atoms with E-state index in [0.717, 1.165) is 43.7 Å². The number of nitrogens with zero attached hydrogens (tertiary/aromatic N) is 1. The summed E-state index contributed by atoms with van der Waals surface area (Å²) in [4.78, 5) is 14.0. The fraction of sp³-hybridized carbons (Fsp3) is 0.500. The van der Waals surface area contributed by atoms with E-state index in [0.29, 0.717) is 12.4 Å². The zero-order valence-electron chi connectivity index (χ0n) is 13.5. The quantitative estimate of drug-likeness (QED) is 0.755. The Bertz CT molecular complexity index is 519. The summed E-state index contributed by atoms with van der Waals surface area (Å²) in [6.07, 6.45) is 7.88. The van der Waals surface area contributed by atoms with Crippen molar-refractivity contribution in [3.05, 3.63) is 29.8 Å². The van der Waals surface area contributed by atoms with Gasteiger partial charge in [-0.2, -0.15) is 0 Å². The predicted octanol–water partition coefficient (Wildman–Crippen LogP) is 3.51. The van der Waals surface area contributed by atoms with E-state index in [2.05, 4.69) is 6.92 Å². The van der Waals surface area contributed by atoms with E-state index in [4.69, 9.17) is 9.47 Å². The summed E-state index contributed by atoms with van der Waals surface area (Å²) in [7, 11) is 1.63. The molecule has 1 amide bonds. The van der Waals surface area contributed by atoms with E-state index < -0.39 is 0 Å². The van der Waals surface area contributed by atoms with Gasteiger partial charge in [0.05, 0.1) is 13.7 Å². The van der Waals surface area contributed by atoms with Crippen LogP contribution in [0.15, 0.2) is 24.3 Å². The third-order valence-electron chi connectivity index (χ3n) is 3.74. The molecule has 1 fully saturated rings. The normalized spacial score (nSPS) is 15.1. The minimum Gasteiger partial charge on any atom is -0.493 e. The summed E-state index contributed by atoms with van der Waals surface area (Å²) in [6.45, 7) is 4.47. The topological polar surface area (TPSA) is 38.8 Å². The molecule has 0 unspecified atom stereocenters. The van der Waals surface area contributed by atoms with E-state index in [-0.39, 0.29) is 5.91 Å². The highest BCUT2D eigenvalue weighted by molar-refractivity contribution is 5.91. The number of methoxy groups -OCH3 is 1. The van der Waals surface area contributed by atoms with E-state index in [1.54, 1.807) is 13.2 Å². The number of hydrogen-bond donors (Lipinski definition) is 0. The fourth-order valence-electron chi connectivity index (χ4n) is 2.51. The highest BCUT2D eigenvalue weighted by Crippen LogP contribution is 2.28. The maximum absolute atomic E-state index is 12.1. The summed E-state index contributed by atoms with van der Waals surface area (Å²) in [5.74, 6) is 1.52. The number of rotatable bonds is 6. The van der Waals surface area contributed by atoms with Crippen molar-refractivity contribution in [3.8, 4) is 11.5 Å². The van der Waals surface area contributed by atoms with Gasteiger partial charge in [-0.1, -0.05) is 13.0 Å². The lowest BCUT2D eigenvalue weighted by molar-refractivity contribution is -0.126. The van der Waals surface area contributed by atoms with Gasteiger partial charge in [0.2, 0.25) is 5.91 Å². The molecule has 1 saturated heterocycles. The summed E-state index contributed by atoms with van der Waals surface area (Å²) in [5, 5.41) is 0. The average molecular weight is 303 g/mol. The third kappa shape index (κ3) is 4.52. The standard InChI is InChI=1S/C18H25NO3/c1-3-13-22-16-9-7-15(14-17(16)21-2)8-10-18(20)19-11-5-4-6-12-19/h7-10,14H,3-6,11-13H2,1-2H3. The van der Waals surface area contributed by atoms with Gasteiger partial charge in [0.1, 0.15) is 0 Å². The number of ether oxygens (including phenoxy) is 2. The van der Waals surface area contributed by atoms with Gasteiger partial charge in [-0.15, -0.1) is 0 Å². The lowest BCUT2D eigenvalue weighted by Crippen LogP contribution is -2.34. The Hall–Kier alpha value is -1.97. The highest BCUT2D eigenvalue weighted by Gasteiger charge is 2.13. The zero-order valence-corrected chi connectivity index (χ0v) is 13.5. The SMILES string of the molecule is CCCOc1ccc(C=CC(=O)N2CCCCC2)cc1OC. The van der Waals surface area contributed by atoms with Crippen LogP contribution in [0.2, 0.25) is 0 Å². The number of benzene rings is 1. The predicted molar refractivity (Wildman–Crippen MR) is 88.2 cm³/mol. The molecule has 120 valence electrons. The Morgan fingerprint density at radius 2 is 2.00 bits per heavy atom. The highest BCUT2D eigenvalue weighted by atomic mass is 16.5. The molecule has 4 nitrogen and oxygen atoms in total. The lowest BCUT2D eigenvalue weighted by atomic mass is 10.1. The molecule has 22 heavy (non-hydrogen) atoms. The van der Waals surface area contributed by atoms with E-state index in [1.807, 2.05) is 29.2 Å². The van der Waals surface area contributed by atoms with Crippen LogP contribution < -0.4 is 9.47 Å². The van der Waals surface area contributed by atoms with Crippen LogP contribution in [0.3, 0.4) is 0 Å². The molecule has 0 spiro atoms. The molecule has 1 aromatic carbocycles. The van der Waals surface area contributed by atoms with Gasteiger partial charge in [0.15, 0.2) is 11.5 Å². The maximum atomic E-state index is 12.1. The lowest BCUT2D eigenvalue weighted by Gasteiger charge is -2.25. The second-order valence-electron chi connectivity index (χ2n) is 5.48. The molecular weight excluding hydrogens is 278 g/mol. The molecule has 0 bridgehead atoms. The van der Waals surface area contributed by atoms with Crippen LogP contribution in [-0.4, -0.2) is 37.6 Å². The van der Waals surface area contributed by atoms with Crippen LogP contribution in [-0.2, 0) is 4.79 Å². The molecule has 0 atom stereocenters. The van der Waals surface area contributed by atoms with Crippen molar-refractivity contribution in [2.24, 2.45) is 0 Å². The van der Waals surface area contributed by atoms with Gasteiger partial charge in [-0.05, 0) is 49.5 Å². The van der Waals surface area contributed by atoms with Gasteiger partial charge in [-0.3, -0.25) is 4.79 Å². The molecule has 0 radical (unpaired) electrons. The van der Waals surface area contributed by atoms with Crippen molar-refractivity contribution < 1.29 is 14.3 Å². The Balaban J connectivity index is 2.02. The minimum absolute atomic E-state index is 0.0879. The number of carbonyl (C=O) groups is 1. The Morgan fingerprint density at radius 1 is 1.23 bits per heavy atom. The number of piperidine rings is 1. The fourth-order valence-corrected chi connectivity index (χ4v) is 2.51. The Kier molecular flexibility index (Phi) is 6.31. The van der Waals surface area contributed by atoms with Crippen LogP contribution in [0.4, 0.5) is 0 Å². The van der Waals surface area contributed by atoms with E-state index >= 15 is 0 Å². The first-order valence-corrected chi connectivity index (χ1v) is 8.02. The summed E-state index contributed by atoms with van der Waals surface area (Å²) < 4.78 is 11.0. The number of hydrogen-bond acceptors (Lipinski definition) is 3. The minimum atomic E-state index is 0.0879. The molecule has 1 aliphatic heterocycles. The van der Waals surface area contributed by atoms with Gasteiger partial charge in [0.25, 0.3) is 0 Å². The van der Waals surface area contributed by atoms with E-state index in [1.165, 1.54) is 6.42 Å². The van der Waals surface area contributed by atoms with Gasteiger partial charge >= 0.3 is 0 Å². The monoisotopic (exact) mass is 303 g/mol. The number of likely N-dealkylation sites (tertiary alicyclic amines) is 1. The van der Waals surface area contributed by atoms with Crippen molar-refractivity contribution in [2.45, 2.75) is 32.6 Å². The molecule has 0 saturated carbocycles. The number of amides is 1. The van der Waals surface area contributed by atoms with Crippen molar-refractivity contribution in [3.63, 3.8) is 0 Å². The molecule has 0 N–H and O–H groups in total. The zero-order chi connectivity index (χ0) is 15.8.